The van der Waals surface area contributed by atoms with Crippen LogP contribution in [0.2, 0.25) is 0 Å². The number of nitrogens with two attached hydrogens (primary N) is 1. The zero-order chi connectivity index (χ0) is 15.3. The van der Waals surface area contributed by atoms with Gasteiger partial charge in [0.1, 0.15) is 16.8 Å². The number of hydrogen-bond donors (Lipinski definition) is 2. The number of hydrogen-bond acceptors (Lipinski definition) is 7. The smallest absolute Gasteiger partial charge is 0.222 e. The quantitative estimate of drug-likeness (QED) is 0.755. The Balaban J connectivity index is 1.90. The lowest BCUT2D eigenvalue weighted by Gasteiger charge is -2.39. The number of nitrogens with zero attached hydrogens (tertiary/aromatic N) is 3. The minimum Gasteiger partial charge on any atom is -0.497 e. The second-order valence-corrected chi connectivity index (χ2v) is 5.44. The first-order valence-corrected chi connectivity index (χ1v) is 7.15. The van der Waals surface area contributed by atoms with Gasteiger partial charge in [-0.15, -0.1) is 0 Å². The van der Waals surface area contributed by atoms with Gasteiger partial charge in [0.15, 0.2) is 11.4 Å². The number of ether oxygens (including phenoxy) is 1. The van der Waals surface area contributed by atoms with Crippen molar-refractivity contribution in [1.29, 1.82) is 0 Å². The Morgan fingerprint density at radius 2 is 2.18 bits per heavy atom. The molecule has 0 aliphatic carbocycles. The first-order valence-electron chi connectivity index (χ1n) is 7.15. The lowest BCUT2D eigenvalue weighted by atomic mass is 10.1. The molecule has 22 heavy (non-hydrogen) atoms. The fourth-order valence-electron chi connectivity index (χ4n) is 2.80. The molecule has 7 heteroatoms. The molecule has 2 aromatic heterocycles. The lowest BCUT2D eigenvalue weighted by Crippen LogP contribution is -2.57. The highest BCUT2D eigenvalue weighted by molar-refractivity contribution is 6.06. The average Bonchev–Trinajstić information content (AvgIpc) is 2.84. The molecule has 0 atom stereocenters. The summed E-state index contributed by atoms with van der Waals surface area (Å²) in [6, 6.07) is 6.12. The van der Waals surface area contributed by atoms with Gasteiger partial charge in [0.05, 0.1) is 12.5 Å². The van der Waals surface area contributed by atoms with E-state index in [1.54, 1.807) is 7.11 Å². The van der Waals surface area contributed by atoms with Crippen LogP contribution in [0.4, 0.5) is 11.8 Å². The fourth-order valence-corrected chi connectivity index (χ4v) is 2.80. The summed E-state index contributed by atoms with van der Waals surface area (Å²) in [6.45, 7) is 1.75. The molecule has 3 N–H and O–H groups in total. The number of likely N-dealkylation sites (N-methyl/N-ethyl adjacent to an activating group) is 1. The van der Waals surface area contributed by atoms with Crippen molar-refractivity contribution in [1.82, 2.24) is 15.3 Å². The number of nitrogens with one attached hydrogen (secondary N) is 1. The van der Waals surface area contributed by atoms with Crippen LogP contribution in [-0.4, -0.2) is 43.3 Å². The molecule has 3 aromatic rings. The first kappa shape index (κ1) is 13.1. The molecule has 1 aliphatic heterocycles. The third kappa shape index (κ3) is 1.86. The second kappa shape index (κ2) is 4.74. The average molecular weight is 299 g/mol. The van der Waals surface area contributed by atoms with E-state index in [0.717, 1.165) is 41.1 Å². The van der Waals surface area contributed by atoms with Crippen molar-refractivity contribution in [3.8, 4) is 5.75 Å². The van der Waals surface area contributed by atoms with E-state index in [1.807, 2.05) is 25.2 Å². The third-order valence-corrected chi connectivity index (χ3v) is 4.11. The Bertz CT molecular complexity index is 854. The molecule has 0 saturated carbocycles. The maximum absolute atomic E-state index is 5.97. The van der Waals surface area contributed by atoms with E-state index in [1.165, 1.54) is 0 Å². The van der Waals surface area contributed by atoms with E-state index in [2.05, 4.69) is 20.2 Å². The molecular formula is C15H17N5O2. The van der Waals surface area contributed by atoms with Crippen molar-refractivity contribution < 1.29 is 9.15 Å². The highest BCUT2D eigenvalue weighted by Gasteiger charge is 2.30. The number of rotatable bonds is 3. The molecule has 0 amide bonds. The van der Waals surface area contributed by atoms with Gasteiger partial charge in [-0.3, -0.25) is 0 Å². The van der Waals surface area contributed by atoms with Crippen molar-refractivity contribution in [3.63, 3.8) is 0 Å². The molecule has 114 valence electrons. The van der Waals surface area contributed by atoms with Gasteiger partial charge in [0.2, 0.25) is 5.95 Å². The van der Waals surface area contributed by atoms with Crippen molar-refractivity contribution in [2.75, 3.05) is 37.9 Å². The van der Waals surface area contributed by atoms with Gasteiger partial charge in [0, 0.05) is 19.1 Å². The number of nitrogen functional groups attached to an aromatic ring is 1. The Morgan fingerprint density at radius 3 is 2.91 bits per heavy atom. The molecule has 4 rings (SSSR count). The van der Waals surface area contributed by atoms with E-state index in [4.69, 9.17) is 14.9 Å². The maximum atomic E-state index is 5.97. The van der Waals surface area contributed by atoms with Gasteiger partial charge in [-0.25, -0.2) is 4.98 Å². The second-order valence-electron chi connectivity index (χ2n) is 5.44. The highest BCUT2D eigenvalue weighted by atomic mass is 16.5. The normalized spacial score (nSPS) is 15.5. The Hall–Kier alpha value is -2.54. The number of furan rings is 1. The van der Waals surface area contributed by atoms with Gasteiger partial charge in [0.25, 0.3) is 0 Å². The van der Waals surface area contributed by atoms with Crippen molar-refractivity contribution in [3.05, 3.63) is 18.2 Å². The lowest BCUT2D eigenvalue weighted by molar-refractivity contribution is 0.415. The van der Waals surface area contributed by atoms with Gasteiger partial charge in [-0.05, 0) is 25.2 Å². The van der Waals surface area contributed by atoms with Crippen LogP contribution in [0.1, 0.15) is 0 Å². The Labute approximate surface area is 127 Å². The van der Waals surface area contributed by atoms with E-state index in [-0.39, 0.29) is 5.95 Å². The zero-order valence-corrected chi connectivity index (χ0v) is 12.5. The van der Waals surface area contributed by atoms with E-state index < -0.39 is 0 Å². The summed E-state index contributed by atoms with van der Waals surface area (Å²) in [5.74, 6) is 1.76. The molecule has 7 nitrogen and oxygen atoms in total. The molecule has 0 bridgehead atoms. The van der Waals surface area contributed by atoms with Crippen LogP contribution in [0.3, 0.4) is 0 Å². The maximum Gasteiger partial charge on any atom is 0.222 e. The number of anilines is 2. The largest absolute Gasteiger partial charge is 0.497 e. The number of methoxy groups -OCH3 is 1. The molecule has 1 saturated heterocycles. The van der Waals surface area contributed by atoms with E-state index in [0.29, 0.717) is 11.6 Å². The molecular weight excluding hydrogens is 282 g/mol. The highest BCUT2D eigenvalue weighted by Crippen LogP contribution is 2.36. The minimum absolute atomic E-state index is 0.251. The van der Waals surface area contributed by atoms with Crippen LogP contribution in [0.5, 0.6) is 5.75 Å². The summed E-state index contributed by atoms with van der Waals surface area (Å²) in [7, 11) is 3.59. The molecule has 1 aromatic carbocycles. The van der Waals surface area contributed by atoms with Crippen molar-refractivity contribution in [2.24, 2.45) is 0 Å². The van der Waals surface area contributed by atoms with E-state index >= 15 is 0 Å². The predicted octanol–water partition coefficient (Wildman–Crippen LogP) is 1.37. The summed E-state index contributed by atoms with van der Waals surface area (Å²) >= 11 is 0. The topological polar surface area (TPSA) is 89.4 Å². The number of fused-ring (bicyclic) bond motifs is 3. The van der Waals surface area contributed by atoms with Crippen LogP contribution in [0.25, 0.3) is 22.1 Å². The van der Waals surface area contributed by atoms with Crippen LogP contribution >= 0.6 is 0 Å². The Kier molecular flexibility index (Phi) is 2.83. The first-order chi connectivity index (χ1) is 10.7. The monoisotopic (exact) mass is 299 g/mol. The molecule has 1 fully saturated rings. The van der Waals surface area contributed by atoms with Crippen LogP contribution < -0.4 is 20.7 Å². The van der Waals surface area contributed by atoms with Crippen LogP contribution in [0.15, 0.2) is 22.6 Å². The summed E-state index contributed by atoms with van der Waals surface area (Å²) in [4.78, 5) is 10.9. The molecule has 1 aliphatic rings. The minimum atomic E-state index is 0.251. The van der Waals surface area contributed by atoms with E-state index in [9.17, 15) is 0 Å². The number of benzene rings is 1. The van der Waals surface area contributed by atoms with Gasteiger partial charge < -0.3 is 25.1 Å². The van der Waals surface area contributed by atoms with Gasteiger partial charge in [-0.1, -0.05) is 0 Å². The SMILES string of the molecule is CNC1CN(c2nc(N)nc3c2oc2ccc(OC)cc23)C1. The summed E-state index contributed by atoms with van der Waals surface area (Å²) in [6.07, 6.45) is 0. The molecule has 0 spiro atoms. The Morgan fingerprint density at radius 1 is 1.36 bits per heavy atom. The van der Waals surface area contributed by atoms with Crippen LogP contribution in [-0.2, 0) is 0 Å². The van der Waals surface area contributed by atoms with Gasteiger partial charge >= 0.3 is 0 Å². The third-order valence-electron chi connectivity index (χ3n) is 4.11. The predicted molar refractivity (Wildman–Crippen MR) is 85.3 cm³/mol. The number of aromatic nitrogens is 2. The van der Waals surface area contributed by atoms with Gasteiger partial charge in [-0.2, -0.15) is 4.98 Å². The fraction of sp³-hybridized carbons (Fsp3) is 0.333. The molecule has 0 unspecified atom stereocenters. The molecule has 3 heterocycles. The van der Waals surface area contributed by atoms with Crippen molar-refractivity contribution >= 4 is 33.8 Å². The van der Waals surface area contributed by atoms with Crippen molar-refractivity contribution in [2.45, 2.75) is 6.04 Å². The standard InChI is InChI=1S/C15H17N5O2/c1-17-8-6-20(7-8)14-13-12(18-15(16)19-14)10-5-9(21-2)3-4-11(10)22-13/h3-5,8,17H,6-7H2,1-2H3,(H2,16,18,19). The van der Waals surface area contributed by atoms with Crippen LogP contribution in [0, 0.1) is 0 Å². The zero-order valence-electron chi connectivity index (χ0n) is 12.5. The molecule has 0 radical (unpaired) electrons. The summed E-state index contributed by atoms with van der Waals surface area (Å²) < 4.78 is 11.2. The summed E-state index contributed by atoms with van der Waals surface area (Å²) in [5.41, 5.74) is 8.04. The summed E-state index contributed by atoms with van der Waals surface area (Å²) in [5, 5.41) is 4.13.